The van der Waals surface area contributed by atoms with E-state index >= 15 is 0 Å². The van der Waals surface area contributed by atoms with Crippen LogP contribution < -0.4 is 4.74 Å². The van der Waals surface area contributed by atoms with Crippen molar-refractivity contribution in [2.24, 2.45) is 0 Å². The zero-order chi connectivity index (χ0) is 11.4. The van der Waals surface area contributed by atoms with Gasteiger partial charge in [-0.2, -0.15) is 4.98 Å². The van der Waals surface area contributed by atoms with Crippen molar-refractivity contribution in [3.63, 3.8) is 0 Å². The third-order valence-corrected chi connectivity index (χ3v) is 2.69. The summed E-state index contributed by atoms with van der Waals surface area (Å²) in [5.74, 6) is 0.403. The largest absolute Gasteiger partial charge is 0.460 e. The third-order valence-electron chi connectivity index (χ3n) is 2.69. The van der Waals surface area contributed by atoms with Gasteiger partial charge in [0, 0.05) is 19.0 Å². The van der Waals surface area contributed by atoms with E-state index in [1.165, 1.54) is 0 Å². The van der Waals surface area contributed by atoms with E-state index in [0.717, 1.165) is 31.7 Å². The van der Waals surface area contributed by atoms with Gasteiger partial charge < -0.3 is 9.47 Å². The Balaban J connectivity index is 2.00. The van der Waals surface area contributed by atoms with Crippen LogP contribution in [0.2, 0.25) is 0 Å². The van der Waals surface area contributed by atoms with Gasteiger partial charge >= 0.3 is 6.01 Å². The van der Waals surface area contributed by atoms with Crippen LogP contribution in [0, 0.1) is 0 Å². The molecule has 1 aliphatic heterocycles. The van der Waals surface area contributed by atoms with Gasteiger partial charge in [-0.25, -0.2) is 4.98 Å². The minimum absolute atomic E-state index is 0.205. The lowest BCUT2D eigenvalue weighted by Gasteiger charge is -2.22. The van der Waals surface area contributed by atoms with Gasteiger partial charge in [0.1, 0.15) is 6.10 Å². The summed E-state index contributed by atoms with van der Waals surface area (Å²) < 4.78 is 11.0. The molecule has 1 aromatic heterocycles. The van der Waals surface area contributed by atoms with Gasteiger partial charge in [0.25, 0.3) is 0 Å². The molecule has 16 heavy (non-hydrogen) atoms. The standard InChI is InChI=1S/C12H18N2O2/c1-9(2)11-3-6-13-12(14-11)16-10-4-7-15-8-5-10/h3,6,9-10H,4-5,7-8H2,1-2H3. The van der Waals surface area contributed by atoms with Crippen LogP contribution in [-0.4, -0.2) is 29.3 Å². The van der Waals surface area contributed by atoms with Crippen molar-refractivity contribution in [2.45, 2.75) is 38.7 Å². The van der Waals surface area contributed by atoms with Crippen molar-refractivity contribution in [1.29, 1.82) is 0 Å². The van der Waals surface area contributed by atoms with Crippen molar-refractivity contribution in [3.05, 3.63) is 18.0 Å². The highest BCUT2D eigenvalue weighted by molar-refractivity contribution is 5.09. The molecule has 1 aliphatic rings. The lowest BCUT2D eigenvalue weighted by molar-refractivity contribution is 0.0216. The Kier molecular flexibility index (Phi) is 3.72. The highest BCUT2D eigenvalue weighted by atomic mass is 16.5. The molecule has 0 N–H and O–H groups in total. The van der Waals surface area contributed by atoms with Crippen LogP contribution in [0.15, 0.2) is 12.3 Å². The number of ether oxygens (including phenoxy) is 2. The van der Waals surface area contributed by atoms with Crippen LogP contribution in [0.1, 0.15) is 38.3 Å². The molecule has 4 nitrogen and oxygen atoms in total. The molecule has 2 heterocycles. The van der Waals surface area contributed by atoms with E-state index < -0.39 is 0 Å². The average Bonchev–Trinajstić information content (AvgIpc) is 2.30. The first-order valence-corrected chi connectivity index (χ1v) is 5.83. The lowest BCUT2D eigenvalue weighted by Crippen LogP contribution is -2.26. The number of hydrogen-bond donors (Lipinski definition) is 0. The number of nitrogens with zero attached hydrogens (tertiary/aromatic N) is 2. The zero-order valence-corrected chi connectivity index (χ0v) is 9.85. The maximum atomic E-state index is 5.74. The van der Waals surface area contributed by atoms with Gasteiger partial charge in [-0.1, -0.05) is 13.8 Å². The summed E-state index contributed by atoms with van der Waals surface area (Å²) in [5.41, 5.74) is 1.03. The van der Waals surface area contributed by atoms with Gasteiger partial charge in [-0.05, 0) is 12.0 Å². The van der Waals surface area contributed by atoms with Crippen LogP contribution >= 0.6 is 0 Å². The summed E-state index contributed by atoms with van der Waals surface area (Å²) in [6, 6.07) is 2.43. The maximum Gasteiger partial charge on any atom is 0.316 e. The van der Waals surface area contributed by atoms with Crippen molar-refractivity contribution >= 4 is 0 Å². The van der Waals surface area contributed by atoms with Crippen LogP contribution in [0.4, 0.5) is 0 Å². The molecule has 1 saturated heterocycles. The first-order chi connectivity index (χ1) is 7.75. The zero-order valence-electron chi connectivity index (χ0n) is 9.85. The van der Waals surface area contributed by atoms with Crippen LogP contribution in [-0.2, 0) is 4.74 Å². The van der Waals surface area contributed by atoms with E-state index in [2.05, 4.69) is 23.8 Å². The van der Waals surface area contributed by atoms with Crippen LogP contribution in [0.5, 0.6) is 6.01 Å². The smallest absolute Gasteiger partial charge is 0.316 e. The van der Waals surface area contributed by atoms with E-state index in [0.29, 0.717) is 11.9 Å². The van der Waals surface area contributed by atoms with E-state index in [-0.39, 0.29) is 6.10 Å². The first-order valence-electron chi connectivity index (χ1n) is 5.83. The second kappa shape index (κ2) is 5.25. The van der Waals surface area contributed by atoms with E-state index in [1.807, 2.05) is 6.07 Å². The molecule has 0 aromatic carbocycles. The number of hydrogen-bond acceptors (Lipinski definition) is 4. The minimum Gasteiger partial charge on any atom is -0.460 e. The molecule has 0 atom stereocenters. The highest BCUT2D eigenvalue weighted by Gasteiger charge is 2.16. The van der Waals surface area contributed by atoms with Gasteiger partial charge in [-0.3, -0.25) is 0 Å². The first kappa shape index (κ1) is 11.3. The monoisotopic (exact) mass is 222 g/mol. The highest BCUT2D eigenvalue weighted by Crippen LogP contribution is 2.16. The molecule has 0 unspecified atom stereocenters. The van der Waals surface area contributed by atoms with Crippen LogP contribution in [0.25, 0.3) is 0 Å². The molecular weight excluding hydrogens is 204 g/mol. The summed E-state index contributed by atoms with van der Waals surface area (Å²) in [6.45, 7) is 5.77. The third kappa shape index (κ3) is 2.92. The molecule has 0 spiro atoms. The van der Waals surface area contributed by atoms with Gasteiger partial charge in [0.15, 0.2) is 0 Å². The molecule has 4 heteroatoms. The fraction of sp³-hybridized carbons (Fsp3) is 0.667. The number of aromatic nitrogens is 2. The Hall–Kier alpha value is -1.16. The molecule has 1 aromatic rings. The van der Waals surface area contributed by atoms with Gasteiger partial charge in [0.2, 0.25) is 0 Å². The van der Waals surface area contributed by atoms with Crippen LogP contribution in [0.3, 0.4) is 0 Å². The summed E-state index contributed by atoms with van der Waals surface area (Å²) in [7, 11) is 0. The predicted octanol–water partition coefficient (Wildman–Crippen LogP) is 2.16. The Morgan fingerprint density at radius 2 is 2.12 bits per heavy atom. The van der Waals surface area contributed by atoms with Gasteiger partial charge in [0.05, 0.1) is 18.9 Å². The average molecular weight is 222 g/mol. The quantitative estimate of drug-likeness (QED) is 0.786. The minimum atomic E-state index is 0.205. The molecule has 88 valence electrons. The second-order valence-corrected chi connectivity index (χ2v) is 4.35. The summed E-state index contributed by atoms with van der Waals surface area (Å²) in [6.07, 6.45) is 3.82. The van der Waals surface area contributed by atoms with E-state index in [1.54, 1.807) is 6.20 Å². The molecule has 0 bridgehead atoms. The maximum absolute atomic E-state index is 5.74. The van der Waals surface area contributed by atoms with Crippen molar-refractivity contribution < 1.29 is 9.47 Å². The Morgan fingerprint density at radius 1 is 1.38 bits per heavy atom. The lowest BCUT2D eigenvalue weighted by atomic mass is 10.1. The van der Waals surface area contributed by atoms with E-state index in [4.69, 9.17) is 9.47 Å². The molecule has 0 saturated carbocycles. The second-order valence-electron chi connectivity index (χ2n) is 4.35. The molecule has 0 radical (unpaired) electrons. The topological polar surface area (TPSA) is 44.2 Å². The SMILES string of the molecule is CC(C)c1ccnc(OC2CCOCC2)n1. The molecule has 2 rings (SSSR count). The predicted molar refractivity (Wildman–Crippen MR) is 60.6 cm³/mol. The molecular formula is C12H18N2O2. The van der Waals surface area contributed by atoms with Crippen molar-refractivity contribution in [2.75, 3.05) is 13.2 Å². The van der Waals surface area contributed by atoms with Crippen molar-refractivity contribution in [3.8, 4) is 6.01 Å². The normalized spacial score (nSPS) is 17.7. The molecule has 1 fully saturated rings. The van der Waals surface area contributed by atoms with E-state index in [9.17, 15) is 0 Å². The van der Waals surface area contributed by atoms with Gasteiger partial charge in [-0.15, -0.1) is 0 Å². The Morgan fingerprint density at radius 3 is 2.81 bits per heavy atom. The Labute approximate surface area is 96.0 Å². The fourth-order valence-electron chi connectivity index (χ4n) is 1.68. The number of rotatable bonds is 3. The summed E-state index contributed by atoms with van der Waals surface area (Å²) in [4.78, 5) is 8.53. The molecule has 0 aliphatic carbocycles. The fourth-order valence-corrected chi connectivity index (χ4v) is 1.68. The Bertz CT molecular complexity index is 336. The molecule has 0 amide bonds. The summed E-state index contributed by atoms with van der Waals surface area (Å²) in [5, 5.41) is 0. The summed E-state index contributed by atoms with van der Waals surface area (Å²) >= 11 is 0. The van der Waals surface area contributed by atoms with Crippen molar-refractivity contribution in [1.82, 2.24) is 9.97 Å².